The van der Waals surface area contributed by atoms with Crippen LogP contribution in [0.1, 0.15) is 0 Å². The summed E-state index contributed by atoms with van der Waals surface area (Å²) in [5, 5.41) is 47.1. The number of ether oxygens (including phenoxy) is 2. The smallest absolute Gasteiger partial charge is 0.184 e. The van der Waals surface area contributed by atoms with Crippen molar-refractivity contribution in [3.8, 4) is 0 Å². The van der Waals surface area contributed by atoms with Crippen molar-refractivity contribution in [2.45, 2.75) is 36.8 Å². The van der Waals surface area contributed by atoms with Crippen LogP contribution in [0.4, 0.5) is 0 Å². The van der Waals surface area contributed by atoms with Crippen LogP contribution in [0, 0.1) is 0 Å². The lowest BCUT2D eigenvalue weighted by molar-refractivity contribution is -0.299. The Labute approximate surface area is 98.2 Å². The van der Waals surface area contributed by atoms with Crippen molar-refractivity contribution in [1.82, 2.24) is 0 Å². The van der Waals surface area contributed by atoms with Crippen molar-refractivity contribution in [2.75, 3.05) is 19.8 Å². The third-order valence-corrected chi connectivity index (χ3v) is 2.56. The maximum atomic E-state index is 9.64. The number of hydrogen-bond donors (Lipinski definition) is 6. The van der Waals surface area contributed by atoms with E-state index >= 15 is 0 Å². The molecule has 0 radical (unpaired) electrons. The summed E-state index contributed by atoms with van der Waals surface area (Å²) in [5.41, 5.74) is 5.18. The van der Waals surface area contributed by atoms with Gasteiger partial charge in [-0.3, -0.25) is 0 Å². The molecule has 1 aliphatic heterocycles. The Morgan fingerprint density at radius 1 is 1.12 bits per heavy atom. The van der Waals surface area contributed by atoms with E-state index in [1.54, 1.807) is 0 Å². The van der Waals surface area contributed by atoms with Gasteiger partial charge in [-0.05, 0) is 0 Å². The zero-order valence-corrected chi connectivity index (χ0v) is 9.22. The molecule has 8 heteroatoms. The maximum absolute atomic E-state index is 9.64. The number of nitrogens with two attached hydrogens (primary N) is 1. The lowest BCUT2D eigenvalue weighted by atomic mass is 9.96. The fraction of sp³-hybridized carbons (Fsp3) is 1.00. The summed E-state index contributed by atoms with van der Waals surface area (Å²) < 4.78 is 9.76. The van der Waals surface area contributed by atoms with Gasteiger partial charge >= 0.3 is 0 Å². The molecule has 1 rings (SSSR count). The van der Waals surface area contributed by atoms with E-state index in [4.69, 9.17) is 15.2 Å². The van der Waals surface area contributed by atoms with Gasteiger partial charge in [0, 0.05) is 6.54 Å². The Balaban J connectivity index is 2.51. The first-order valence-corrected chi connectivity index (χ1v) is 5.32. The topological polar surface area (TPSA) is 146 Å². The molecule has 0 aromatic carbocycles. The van der Waals surface area contributed by atoms with Gasteiger partial charge in [0.2, 0.25) is 0 Å². The van der Waals surface area contributed by atoms with Gasteiger partial charge in [-0.2, -0.15) is 0 Å². The molecular formula is C9H19NO7. The monoisotopic (exact) mass is 253 g/mol. The minimum absolute atomic E-state index is 0.158. The fourth-order valence-corrected chi connectivity index (χ4v) is 1.59. The molecule has 17 heavy (non-hydrogen) atoms. The molecule has 0 saturated carbocycles. The van der Waals surface area contributed by atoms with Crippen LogP contribution in [-0.2, 0) is 9.47 Å². The van der Waals surface area contributed by atoms with Gasteiger partial charge < -0.3 is 40.7 Å². The summed E-state index contributed by atoms with van der Waals surface area (Å²) in [6.07, 6.45) is -8.85. The van der Waals surface area contributed by atoms with Crippen LogP contribution in [0.25, 0.3) is 0 Å². The Hall–Kier alpha value is -0.320. The van der Waals surface area contributed by atoms with Gasteiger partial charge in [-0.25, -0.2) is 0 Å². The largest absolute Gasteiger partial charge is 0.388 e. The molecule has 8 nitrogen and oxygen atoms in total. The molecular weight excluding hydrogens is 234 g/mol. The van der Waals surface area contributed by atoms with Crippen molar-refractivity contribution in [2.24, 2.45) is 5.73 Å². The van der Waals surface area contributed by atoms with E-state index in [1.807, 2.05) is 0 Å². The average molecular weight is 253 g/mol. The summed E-state index contributed by atoms with van der Waals surface area (Å²) >= 11 is 0. The van der Waals surface area contributed by atoms with Gasteiger partial charge in [-0.15, -0.1) is 0 Å². The number of aliphatic hydroxyl groups excluding tert-OH is 5. The Morgan fingerprint density at radius 3 is 2.35 bits per heavy atom. The van der Waals surface area contributed by atoms with Crippen LogP contribution < -0.4 is 5.73 Å². The molecule has 1 aliphatic rings. The molecule has 0 aliphatic carbocycles. The molecule has 7 N–H and O–H groups in total. The average Bonchev–Trinajstić information content (AvgIpc) is 2.31. The first-order valence-electron chi connectivity index (χ1n) is 5.32. The highest BCUT2D eigenvalue weighted by atomic mass is 16.6. The second kappa shape index (κ2) is 6.57. The molecule has 0 bridgehead atoms. The summed E-state index contributed by atoms with van der Waals surface area (Å²) in [5.74, 6) is 0. The summed E-state index contributed by atoms with van der Waals surface area (Å²) in [4.78, 5) is 0. The normalized spacial score (nSPS) is 40.2. The predicted molar refractivity (Wildman–Crippen MR) is 54.8 cm³/mol. The molecule has 1 saturated heterocycles. The molecule has 6 atom stereocenters. The Kier molecular flexibility index (Phi) is 5.70. The van der Waals surface area contributed by atoms with E-state index in [2.05, 4.69) is 0 Å². The molecule has 0 aromatic heterocycles. The van der Waals surface area contributed by atoms with E-state index in [1.165, 1.54) is 0 Å². The minimum atomic E-state index is -1.66. The first-order chi connectivity index (χ1) is 7.99. The number of hydrogen-bond acceptors (Lipinski definition) is 8. The Bertz CT molecular complexity index is 229. The zero-order chi connectivity index (χ0) is 13.0. The van der Waals surface area contributed by atoms with Crippen molar-refractivity contribution < 1.29 is 35.0 Å². The second-order valence-electron chi connectivity index (χ2n) is 3.89. The lowest BCUT2D eigenvalue weighted by Gasteiger charge is -2.40. The summed E-state index contributed by atoms with van der Waals surface area (Å²) in [6.45, 7) is 0.354. The van der Waals surface area contributed by atoms with E-state index in [0.29, 0.717) is 0 Å². The number of rotatable bonds is 5. The van der Waals surface area contributed by atoms with Crippen molar-refractivity contribution >= 4 is 0 Å². The van der Waals surface area contributed by atoms with Crippen LogP contribution in [0.3, 0.4) is 0 Å². The van der Waals surface area contributed by atoms with E-state index in [-0.39, 0.29) is 19.8 Å². The highest BCUT2D eigenvalue weighted by Crippen LogP contribution is 2.22. The predicted octanol–water partition coefficient (Wildman–Crippen LogP) is -3.88. The minimum Gasteiger partial charge on any atom is -0.388 e. The van der Waals surface area contributed by atoms with Crippen molar-refractivity contribution in [3.63, 3.8) is 0 Å². The third kappa shape index (κ3) is 3.57. The fourth-order valence-electron chi connectivity index (χ4n) is 1.59. The maximum Gasteiger partial charge on any atom is 0.184 e. The van der Waals surface area contributed by atoms with Crippen molar-refractivity contribution in [3.05, 3.63) is 0 Å². The van der Waals surface area contributed by atoms with Crippen LogP contribution in [0.2, 0.25) is 0 Å². The SMILES string of the molecule is NCCOC[C@@H](O)C1OC(O)C(O)[C@@H](O)[C@@H]1O. The van der Waals surface area contributed by atoms with Crippen molar-refractivity contribution in [1.29, 1.82) is 0 Å². The Morgan fingerprint density at radius 2 is 1.76 bits per heavy atom. The quantitative estimate of drug-likeness (QED) is 0.273. The standard InChI is InChI=1S/C9H19NO7/c10-1-2-16-3-4(11)8-6(13)5(12)7(14)9(15)17-8/h4-9,11-15H,1-3,10H2/t4-,5+,6+,7?,8?,9?/m1/s1. The lowest BCUT2D eigenvalue weighted by Crippen LogP contribution is -2.61. The molecule has 0 aromatic rings. The first kappa shape index (κ1) is 14.7. The highest BCUT2D eigenvalue weighted by Gasteiger charge is 2.45. The van der Waals surface area contributed by atoms with Gasteiger partial charge in [0.15, 0.2) is 6.29 Å². The molecule has 3 unspecified atom stereocenters. The molecule has 0 amide bonds. The summed E-state index contributed by atoms with van der Waals surface area (Å²) in [7, 11) is 0. The molecule has 1 fully saturated rings. The second-order valence-corrected chi connectivity index (χ2v) is 3.89. The van der Waals surface area contributed by atoms with Gasteiger partial charge in [0.1, 0.15) is 30.5 Å². The number of aliphatic hydroxyl groups is 5. The molecule has 0 spiro atoms. The van der Waals surface area contributed by atoms with Gasteiger partial charge in [-0.1, -0.05) is 0 Å². The van der Waals surface area contributed by atoms with Crippen LogP contribution in [-0.4, -0.2) is 82.1 Å². The van der Waals surface area contributed by atoms with E-state index < -0.39 is 36.8 Å². The van der Waals surface area contributed by atoms with Gasteiger partial charge in [0.25, 0.3) is 0 Å². The van der Waals surface area contributed by atoms with Crippen LogP contribution >= 0.6 is 0 Å². The third-order valence-electron chi connectivity index (χ3n) is 2.56. The molecule has 102 valence electrons. The molecule has 1 heterocycles. The van der Waals surface area contributed by atoms with E-state index in [0.717, 1.165) is 0 Å². The van der Waals surface area contributed by atoms with Gasteiger partial charge in [0.05, 0.1) is 13.2 Å². The zero-order valence-electron chi connectivity index (χ0n) is 9.22. The van der Waals surface area contributed by atoms with Crippen LogP contribution in [0.5, 0.6) is 0 Å². The summed E-state index contributed by atoms with van der Waals surface area (Å²) in [6, 6.07) is 0. The van der Waals surface area contributed by atoms with Crippen LogP contribution in [0.15, 0.2) is 0 Å². The van der Waals surface area contributed by atoms with E-state index in [9.17, 15) is 25.5 Å². The highest BCUT2D eigenvalue weighted by molar-refractivity contribution is 4.91.